The van der Waals surface area contributed by atoms with Crippen molar-refractivity contribution in [3.05, 3.63) is 47.7 Å². The highest BCUT2D eigenvalue weighted by atomic mass is 19.1. The van der Waals surface area contributed by atoms with Crippen LogP contribution < -0.4 is 15.0 Å². The first-order valence-corrected chi connectivity index (χ1v) is 9.86. The Balaban J connectivity index is 1.63. The Morgan fingerprint density at radius 1 is 1.33 bits per heavy atom. The number of ether oxygens (including phenoxy) is 2. The van der Waals surface area contributed by atoms with Crippen LogP contribution in [0.1, 0.15) is 28.8 Å². The van der Waals surface area contributed by atoms with Crippen LogP contribution in [0.25, 0.3) is 5.65 Å². The van der Waals surface area contributed by atoms with Crippen LogP contribution in [0.5, 0.6) is 5.88 Å². The molecule has 0 aromatic carbocycles. The van der Waals surface area contributed by atoms with Gasteiger partial charge in [-0.15, -0.1) is 0 Å². The minimum Gasteiger partial charge on any atom is -0.473 e. The summed E-state index contributed by atoms with van der Waals surface area (Å²) in [6.07, 6.45) is 4.05. The van der Waals surface area contributed by atoms with Crippen molar-refractivity contribution in [3.8, 4) is 5.88 Å². The molecule has 2 atom stereocenters. The number of carbonyl (C=O) groups is 1. The lowest BCUT2D eigenvalue weighted by atomic mass is 10.0. The Morgan fingerprint density at radius 2 is 2.23 bits per heavy atom. The van der Waals surface area contributed by atoms with Gasteiger partial charge in [-0.2, -0.15) is 5.10 Å². The molecule has 1 fully saturated rings. The van der Waals surface area contributed by atoms with E-state index in [1.54, 1.807) is 10.7 Å². The molecule has 1 amide bonds. The van der Waals surface area contributed by atoms with Gasteiger partial charge in [0.25, 0.3) is 5.91 Å². The van der Waals surface area contributed by atoms with Crippen LogP contribution in [0.4, 0.5) is 10.2 Å². The molecule has 2 aliphatic heterocycles. The molecule has 3 aromatic rings. The summed E-state index contributed by atoms with van der Waals surface area (Å²) in [5, 5.41) is 7.08. The molecule has 0 aliphatic carbocycles. The zero-order valence-corrected chi connectivity index (χ0v) is 16.4. The van der Waals surface area contributed by atoms with Gasteiger partial charge in [0.15, 0.2) is 5.65 Å². The number of hydrogen-bond donors (Lipinski definition) is 1. The van der Waals surface area contributed by atoms with E-state index in [9.17, 15) is 9.18 Å². The van der Waals surface area contributed by atoms with Gasteiger partial charge in [0, 0.05) is 30.8 Å². The molecule has 4 bridgehead atoms. The standard InChI is InChI=1S/C20H21FN6O3/c1-12-7-22-19(28)16-9-24-27-3-2-17(25-18(16)27)26-4-5-29-11-13(10-26)15-6-14(21)8-23-20(15)30-12/h2-3,6,8-9,12-13H,4-5,7,10-11H2,1H3,(H,22,28)/t12-,13-/m0/s1. The molecule has 2 aliphatic rings. The smallest absolute Gasteiger partial charge is 0.256 e. The lowest BCUT2D eigenvalue weighted by Gasteiger charge is -2.26. The molecule has 9 nitrogen and oxygen atoms in total. The zero-order chi connectivity index (χ0) is 20.7. The number of nitrogens with one attached hydrogen (secondary N) is 1. The number of pyridine rings is 1. The summed E-state index contributed by atoms with van der Waals surface area (Å²) in [6.45, 7) is 4.17. The maximum atomic E-state index is 14.1. The number of carbonyl (C=O) groups excluding carboxylic acids is 1. The zero-order valence-electron chi connectivity index (χ0n) is 16.4. The second-order valence-electron chi connectivity index (χ2n) is 7.52. The Kier molecular flexibility index (Phi) is 4.70. The van der Waals surface area contributed by atoms with Crippen LogP contribution in [-0.2, 0) is 4.74 Å². The number of aromatic nitrogens is 4. The Bertz CT molecular complexity index is 1100. The first kappa shape index (κ1) is 18.7. The van der Waals surface area contributed by atoms with Gasteiger partial charge in [-0.25, -0.2) is 18.9 Å². The normalized spacial score (nSPS) is 22.1. The van der Waals surface area contributed by atoms with Crippen molar-refractivity contribution in [1.82, 2.24) is 24.9 Å². The Hall–Kier alpha value is -3.27. The third kappa shape index (κ3) is 3.43. The van der Waals surface area contributed by atoms with Crippen LogP contribution >= 0.6 is 0 Å². The fourth-order valence-corrected chi connectivity index (χ4v) is 3.80. The summed E-state index contributed by atoms with van der Waals surface area (Å²) in [7, 11) is 0. The fourth-order valence-electron chi connectivity index (χ4n) is 3.80. The van der Waals surface area contributed by atoms with E-state index in [1.165, 1.54) is 12.3 Å². The molecule has 30 heavy (non-hydrogen) atoms. The maximum Gasteiger partial charge on any atom is 0.256 e. The summed E-state index contributed by atoms with van der Waals surface area (Å²) in [4.78, 5) is 23.6. The number of anilines is 1. The molecule has 0 unspecified atom stereocenters. The van der Waals surface area contributed by atoms with Crippen molar-refractivity contribution in [2.24, 2.45) is 0 Å². The summed E-state index contributed by atoms with van der Waals surface area (Å²) in [6, 6.07) is 3.29. The largest absolute Gasteiger partial charge is 0.473 e. The lowest BCUT2D eigenvalue weighted by molar-refractivity contribution is 0.0931. The van der Waals surface area contributed by atoms with Gasteiger partial charge in [-0.05, 0) is 19.1 Å². The molecule has 1 saturated heterocycles. The molecule has 0 radical (unpaired) electrons. The minimum atomic E-state index is -0.432. The molecule has 5 heterocycles. The molecule has 5 rings (SSSR count). The van der Waals surface area contributed by atoms with Gasteiger partial charge in [-0.1, -0.05) is 0 Å². The number of fused-ring (bicyclic) bond motifs is 6. The first-order valence-electron chi connectivity index (χ1n) is 9.86. The average molecular weight is 412 g/mol. The van der Waals surface area contributed by atoms with Gasteiger partial charge in [0.2, 0.25) is 5.88 Å². The van der Waals surface area contributed by atoms with Gasteiger partial charge >= 0.3 is 0 Å². The van der Waals surface area contributed by atoms with Crippen LogP contribution in [0.2, 0.25) is 0 Å². The van der Waals surface area contributed by atoms with Crippen LogP contribution in [0, 0.1) is 5.82 Å². The number of halogens is 1. The minimum absolute atomic E-state index is 0.155. The number of hydrogen-bond acceptors (Lipinski definition) is 7. The Labute approximate surface area is 171 Å². The van der Waals surface area contributed by atoms with E-state index in [0.717, 1.165) is 6.20 Å². The molecule has 10 heteroatoms. The Morgan fingerprint density at radius 3 is 3.13 bits per heavy atom. The van der Waals surface area contributed by atoms with E-state index in [1.807, 2.05) is 13.0 Å². The van der Waals surface area contributed by atoms with Crippen molar-refractivity contribution in [1.29, 1.82) is 0 Å². The summed E-state index contributed by atoms with van der Waals surface area (Å²) < 4.78 is 27.4. The third-order valence-corrected chi connectivity index (χ3v) is 5.34. The average Bonchev–Trinajstić information content (AvgIpc) is 3.01. The maximum absolute atomic E-state index is 14.1. The van der Waals surface area contributed by atoms with Crippen molar-refractivity contribution >= 4 is 17.4 Å². The topological polar surface area (TPSA) is 93.9 Å². The fraction of sp³-hybridized carbons (Fsp3) is 0.400. The van der Waals surface area contributed by atoms with Gasteiger partial charge in [0.1, 0.15) is 23.3 Å². The van der Waals surface area contributed by atoms with E-state index in [-0.39, 0.29) is 24.5 Å². The second-order valence-corrected chi connectivity index (χ2v) is 7.52. The third-order valence-electron chi connectivity index (χ3n) is 5.34. The highest BCUT2D eigenvalue weighted by Gasteiger charge is 2.27. The first-order chi connectivity index (χ1) is 14.6. The number of rotatable bonds is 0. The monoisotopic (exact) mass is 412 g/mol. The quantitative estimate of drug-likeness (QED) is 0.596. The van der Waals surface area contributed by atoms with Gasteiger partial charge in [0.05, 0.1) is 32.2 Å². The van der Waals surface area contributed by atoms with E-state index >= 15 is 0 Å². The van der Waals surface area contributed by atoms with Gasteiger partial charge < -0.3 is 19.7 Å². The molecule has 0 saturated carbocycles. The SMILES string of the molecule is C[C@H]1CNC(=O)c2cnn3ccc(nc23)N2CCOC[C@H](C2)c2cc(F)cnc2O1. The van der Waals surface area contributed by atoms with Crippen LogP contribution in [-0.4, -0.2) is 64.4 Å². The predicted molar refractivity (Wildman–Crippen MR) is 105 cm³/mol. The second kappa shape index (κ2) is 7.52. The van der Waals surface area contributed by atoms with Crippen molar-refractivity contribution < 1.29 is 18.7 Å². The van der Waals surface area contributed by atoms with Gasteiger partial charge in [-0.3, -0.25) is 4.79 Å². The highest BCUT2D eigenvalue weighted by molar-refractivity contribution is 5.99. The molecular formula is C20H21FN6O3. The molecular weight excluding hydrogens is 391 g/mol. The molecule has 1 N–H and O–H groups in total. The summed E-state index contributed by atoms with van der Waals surface area (Å²) in [5.74, 6) is 0.174. The molecule has 156 valence electrons. The van der Waals surface area contributed by atoms with E-state index in [0.29, 0.717) is 54.8 Å². The van der Waals surface area contributed by atoms with E-state index in [2.05, 4.69) is 20.3 Å². The molecule has 0 spiro atoms. The van der Waals surface area contributed by atoms with Crippen LogP contribution in [0.3, 0.4) is 0 Å². The lowest BCUT2D eigenvalue weighted by Crippen LogP contribution is -2.35. The van der Waals surface area contributed by atoms with E-state index < -0.39 is 5.82 Å². The summed E-state index contributed by atoms with van der Waals surface area (Å²) in [5.41, 5.74) is 1.51. The van der Waals surface area contributed by atoms with Crippen LogP contribution in [0.15, 0.2) is 30.7 Å². The number of nitrogens with zero attached hydrogens (tertiary/aromatic N) is 5. The molecule has 3 aromatic heterocycles. The summed E-state index contributed by atoms with van der Waals surface area (Å²) >= 11 is 0. The van der Waals surface area contributed by atoms with Crippen molar-refractivity contribution in [3.63, 3.8) is 0 Å². The highest BCUT2D eigenvalue weighted by Crippen LogP contribution is 2.30. The van der Waals surface area contributed by atoms with Crippen molar-refractivity contribution in [2.45, 2.75) is 18.9 Å². The van der Waals surface area contributed by atoms with E-state index in [4.69, 9.17) is 14.5 Å². The van der Waals surface area contributed by atoms with Crippen molar-refractivity contribution in [2.75, 3.05) is 37.7 Å². The number of amides is 1. The predicted octanol–water partition coefficient (Wildman–Crippen LogP) is 1.39.